The fourth-order valence-electron chi connectivity index (χ4n) is 1.91. The highest BCUT2D eigenvalue weighted by atomic mass is 32.2. The van der Waals surface area contributed by atoms with Crippen molar-refractivity contribution in [2.24, 2.45) is 0 Å². The summed E-state index contributed by atoms with van der Waals surface area (Å²) in [5, 5.41) is 1.73. The lowest BCUT2D eigenvalue weighted by atomic mass is 10.1. The molecule has 1 saturated heterocycles. The molecular weight excluding hydrogens is 178 g/mol. The molecule has 0 saturated carbocycles. The molecule has 1 heterocycles. The third-order valence-electron chi connectivity index (χ3n) is 2.67. The molecular formula is C11H23NS. The molecule has 78 valence electrons. The first-order valence-corrected chi connectivity index (χ1v) is 6.43. The SMILES string of the molecule is CC(C)SC1CCN(C(C)C)CC1. The monoisotopic (exact) mass is 201 g/mol. The first-order valence-electron chi connectivity index (χ1n) is 5.49. The number of nitrogens with zero attached hydrogens (tertiary/aromatic N) is 1. The topological polar surface area (TPSA) is 3.24 Å². The minimum Gasteiger partial charge on any atom is -0.301 e. The Balaban J connectivity index is 2.22. The summed E-state index contributed by atoms with van der Waals surface area (Å²) in [6.07, 6.45) is 2.78. The van der Waals surface area contributed by atoms with Crippen LogP contribution in [0.25, 0.3) is 0 Å². The van der Waals surface area contributed by atoms with Crippen LogP contribution in [0.15, 0.2) is 0 Å². The van der Waals surface area contributed by atoms with Crippen molar-refractivity contribution in [2.75, 3.05) is 13.1 Å². The van der Waals surface area contributed by atoms with Gasteiger partial charge in [-0.25, -0.2) is 0 Å². The molecule has 0 N–H and O–H groups in total. The Labute approximate surface area is 87.3 Å². The summed E-state index contributed by atoms with van der Waals surface area (Å²) < 4.78 is 0. The molecule has 1 rings (SSSR count). The standard InChI is InChI=1S/C11H23NS/c1-9(2)12-7-5-11(6-8-12)13-10(3)4/h9-11H,5-8H2,1-4H3. The van der Waals surface area contributed by atoms with Gasteiger partial charge in [-0.15, -0.1) is 0 Å². The Morgan fingerprint density at radius 3 is 2.00 bits per heavy atom. The maximum atomic E-state index is 2.59. The first kappa shape index (κ1) is 11.4. The fraction of sp³-hybridized carbons (Fsp3) is 1.00. The van der Waals surface area contributed by atoms with Gasteiger partial charge in [0.1, 0.15) is 0 Å². The van der Waals surface area contributed by atoms with Crippen LogP contribution in [0.5, 0.6) is 0 Å². The second kappa shape index (κ2) is 5.26. The van der Waals surface area contributed by atoms with Crippen molar-refractivity contribution in [3.63, 3.8) is 0 Å². The highest BCUT2D eigenvalue weighted by molar-refractivity contribution is 8.00. The van der Waals surface area contributed by atoms with Gasteiger partial charge in [0.05, 0.1) is 0 Å². The van der Waals surface area contributed by atoms with Crippen molar-refractivity contribution in [1.29, 1.82) is 0 Å². The van der Waals surface area contributed by atoms with Gasteiger partial charge in [-0.3, -0.25) is 0 Å². The minimum absolute atomic E-state index is 0.741. The predicted octanol–water partition coefficient (Wildman–Crippen LogP) is 3.00. The molecule has 0 bridgehead atoms. The summed E-state index contributed by atoms with van der Waals surface area (Å²) >= 11 is 2.16. The molecule has 0 aromatic carbocycles. The van der Waals surface area contributed by atoms with Gasteiger partial charge in [0.2, 0.25) is 0 Å². The van der Waals surface area contributed by atoms with Crippen LogP contribution in [0, 0.1) is 0 Å². The number of likely N-dealkylation sites (tertiary alicyclic amines) is 1. The predicted molar refractivity (Wildman–Crippen MR) is 62.5 cm³/mol. The van der Waals surface area contributed by atoms with E-state index in [0.717, 1.165) is 16.5 Å². The highest BCUT2D eigenvalue weighted by Gasteiger charge is 2.21. The molecule has 1 fully saturated rings. The lowest BCUT2D eigenvalue weighted by Gasteiger charge is -2.34. The lowest BCUT2D eigenvalue weighted by molar-refractivity contribution is 0.188. The second-order valence-corrected chi connectivity index (χ2v) is 6.40. The first-order chi connectivity index (χ1) is 6.09. The van der Waals surface area contributed by atoms with E-state index >= 15 is 0 Å². The molecule has 0 aromatic heterocycles. The third-order valence-corrected chi connectivity index (χ3v) is 4.07. The Bertz CT molecular complexity index is 137. The molecule has 0 spiro atoms. The average molecular weight is 201 g/mol. The van der Waals surface area contributed by atoms with Gasteiger partial charge < -0.3 is 4.90 Å². The van der Waals surface area contributed by atoms with Gasteiger partial charge in [-0.05, 0) is 45.0 Å². The second-order valence-electron chi connectivity index (χ2n) is 4.51. The number of hydrogen-bond acceptors (Lipinski definition) is 2. The van der Waals surface area contributed by atoms with Crippen LogP contribution in [0.2, 0.25) is 0 Å². The molecule has 0 atom stereocenters. The van der Waals surface area contributed by atoms with Gasteiger partial charge in [0.25, 0.3) is 0 Å². The Morgan fingerprint density at radius 1 is 1.08 bits per heavy atom. The van der Waals surface area contributed by atoms with Crippen LogP contribution in [0.4, 0.5) is 0 Å². The maximum Gasteiger partial charge on any atom is 0.00739 e. The average Bonchev–Trinajstić information content (AvgIpc) is 2.04. The van der Waals surface area contributed by atoms with Gasteiger partial charge in [-0.2, -0.15) is 11.8 Å². The molecule has 0 amide bonds. The van der Waals surface area contributed by atoms with Crippen molar-refractivity contribution in [3.8, 4) is 0 Å². The number of piperidine rings is 1. The van der Waals surface area contributed by atoms with Crippen molar-refractivity contribution >= 4 is 11.8 Å². The van der Waals surface area contributed by atoms with Crippen LogP contribution < -0.4 is 0 Å². The summed E-state index contributed by atoms with van der Waals surface area (Å²) in [5.41, 5.74) is 0. The van der Waals surface area contributed by atoms with Crippen molar-refractivity contribution in [1.82, 2.24) is 4.90 Å². The molecule has 0 radical (unpaired) electrons. The molecule has 0 aromatic rings. The van der Waals surface area contributed by atoms with Crippen molar-refractivity contribution < 1.29 is 0 Å². The van der Waals surface area contributed by atoms with E-state index in [9.17, 15) is 0 Å². The molecule has 1 nitrogen and oxygen atoms in total. The maximum absolute atomic E-state index is 2.59. The summed E-state index contributed by atoms with van der Waals surface area (Å²) in [7, 11) is 0. The molecule has 0 aliphatic carbocycles. The van der Waals surface area contributed by atoms with Crippen LogP contribution in [-0.4, -0.2) is 34.5 Å². The molecule has 0 unspecified atom stereocenters. The number of thioether (sulfide) groups is 1. The van der Waals surface area contributed by atoms with Crippen LogP contribution in [-0.2, 0) is 0 Å². The van der Waals surface area contributed by atoms with E-state index in [1.807, 2.05) is 0 Å². The summed E-state index contributed by atoms with van der Waals surface area (Å²) in [4.78, 5) is 2.59. The van der Waals surface area contributed by atoms with Crippen LogP contribution in [0.1, 0.15) is 40.5 Å². The third kappa shape index (κ3) is 3.90. The lowest BCUT2D eigenvalue weighted by Crippen LogP contribution is -2.39. The van der Waals surface area contributed by atoms with E-state index in [1.165, 1.54) is 25.9 Å². The fourth-order valence-corrected chi connectivity index (χ4v) is 3.17. The smallest absolute Gasteiger partial charge is 0.00739 e. The highest BCUT2D eigenvalue weighted by Crippen LogP contribution is 2.27. The van der Waals surface area contributed by atoms with Crippen molar-refractivity contribution in [3.05, 3.63) is 0 Å². The molecule has 1 aliphatic rings. The minimum atomic E-state index is 0.741. The van der Waals surface area contributed by atoms with E-state index in [-0.39, 0.29) is 0 Å². The van der Waals surface area contributed by atoms with E-state index in [2.05, 4.69) is 44.4 Å². The Kier molecular flexibility index (Phi) is 4.60. The largest absolute Gasteiger partial charge is 0.301 e. The summed E-state index contributed by atoms with van der Waals surface area (Å²) in [6, 6.07) is 0.741. The van der Waals surface area contributed by atoms with Crippen LogP contribution >= 0.6 is 11.8 Å². The zero-order valence-electron chi connectivity index (χ0n) is 9.42. The van der Waals surface area contributed by atoms with E-state index in [0.29, 0.717) is 0 Å². The van der Waals surface area contributed by atoms with Crippen LogP contribution in [0.3, 0.4) is 0 Å². The van der Waals surface area contributed by atoms with Gasteiger partial charge in [0, 0.05) is 11.3 Å². The Hall–Kier alpha value is 0.310. The Morgan fingerprint density at radius 2 is 1.62 bits per heavy atom. The number of rotatable bonds is 3. The zero-order chi connectivity index (χ0) is 9.84. The van der Waals surface area contributed by atoms with Gasteiger partial charge in [0.15, 0.2) is 0 Å². The van der Waals surface area contributed by atoms with E-state index < -0.39 is 0 Å². The van der Waals surface area contributed by atoms with Gasteiger partial charge >= 0.3 is 0 Å². The van der Waals surface area contributed by atoms with E-state index in [4.69, 9.17) is 0 Å². The summed E-state index contributed by atoms with van der Waals surface area (Å²) in [5.74, 6) is 0. The van der Waals surface area contributed by atoms with Gasteiger partial charge in [-0.1, -0.05) is 13.8 Å². The molecule has 1 aliphatic heterocycles. The zero-order valence-corrected chi connectivity index (χ0v) is 10.2. The molecule has 2 heteroatoms. The molecule has 13 heavy (non-hydrogen) atoms. The van der Waals surface area contributed by atoms with Crippen molar-refractivity contribution in [2.45, 2.75) is 57.1 Å². The quantitative estimate of drug-likeness (QED) is 0.690. The number of hydrogen-bond donors (Lipinski definition) is 0. The van der Waals surface area contributed by atoms with E-state index in [1.54, 1.807) is 0 Å². The summed E-state index contributed by atoms with van der Waals surface area (Å²) in [6.45, 7) is 11.8. The normalized spacial score (nSPS) is 21.7.